The number of nitrogens with zero attached hydrogens (tertiary/aromatic N) is 5. The van der Waals surface area contributed by atoms with E-state index < -0.39 is 0 Å². The molecular formula is C16H26N6O. The van der Waals surface area contributed by atoms with Crippen LogP contribution in [-0.4, -0.2) is 43.7 Å². The number of imidazole rings is 1. The average Bonchev–Trinajstić information content (AvgIpc) is 2.92. The van der Waals surface area contributed by atoms with Gasteiger partial charge in [0.2, 0.25) is 0 Å². The molecule has 0 aliphatic carbocycles. The molecule has 0 spiro atoms. The zero-order valence-corrected chi connectivity index (χ0v) is 14.0. The molecule has 126 valence electrons. The number of nitrogens with two attached hydrogens (primary N) is 1. The van der Waals surface area contributed by atoms with Crippen LogP contribution in [0.4, 0.5) is 5.82 Å². The molecule has 3 rings (SSSR count). The summed E-state index contributed by atoms with van der Waals surface area (Å²) in [6, 6.07) is 0.328. The molecule has 1 aliphatic rings. The van der Waals surface area contributed by atoms with E-state index in [2.05, 4.69) is 26.9 Å². The van der Waals surface area contributed by atoms with Crippen molar-refractivity contribution in [2.75, 3.05) is 18.8 Å². The molecule has 0 amide bonds. The highest BCUT2D eigenvalue weighted by atomic mass is 16.5. The van der Waals surface area contributed by atoms with Crippen LogP contribution in [0.3, 0.4) is 0 Å². The van der Waals surface area contributed by atoms with Crippen molar-refractivity contribution in [1.29, 1.82) is 0 Å². The predicted molar refractivity (Wildman–Crippen MR) is 89.3 cm³/mol. The fraction of sp³-hybridized carbons (Fsp3) is 0.688. The van der Waals surface area contributed by atoms with E-state index in [9.17, 15) is 0 Å². The minimum atomic E-state index is 0.0749. The van der Waals surface area contributed by atoms with Gasteiger partial charge in [-0.3, -0.25) is 4.90 Å². The topological polar surface area (TPSA) is 81.6 Å². The van der Waals surface area contributed by atoms with E-state index in [-0.39, 0.29) is 6.10 Å². The highest BCUT2D eigenvalue weighted by molar-refractivity contribution is 5.59. The summed E-state index contributed by atoms with van der Waals surface area (Å²) in [6.45, 7) is 7.25. The van der Waals surface area contributed by atoms with Gasteiger partial charge in [-0.2, -0.15) is 4.98 Å². The number of piperidine rings is 1. The number of anilines is 1. The van der Waals surface area contributed by atoms with Crippen LogP contribution in [0.2, 0.25) is 0 Å². The fourth-order valence-electron chi connectivity index (χ4n) is 3.08. The smallest absolute Gasteiger partial charge is 0.336 e. The number of ether oxygens (including phenoxy) is 1. The molecule has 23 heavy (non-hydrogen) atoms. The Morgan fingerprint density at radius 2 is 2.09 bits per heavy atom. The quantitative estimate of drug-likeness (QED) is 0.880. The van der Waals surface area contributed by atoms with Gasteiger partial charge >= 0.3 is 6.01 Å². The molecule has 0 bridgehead atoms. The molecule has 0 saturated carbocycles. The van der Waals surface area contributed by atoms with E-state index in [1.807, 2.05) is 13.1 Å². The SMILES string of the molecule is CCCC(C)Oc1nc(N)c2ncc(CN3CCCCC3)n2n1. The van der Waals surface area contributed by atoms with Crippen LogP contribution >= 0.6 is 0 Å². The third-order valence-electron chi connectivity index (χ3n) is 4.28. The summed E-state index contributed by atoms with van der Waals surface area (Å²) in [7, 11) is 0. The predicted octanol–water partition coefficient (Wildman–Crippen LogP) is 2.26. The number of aromatic nitrogens is 4. The summed E-state index contributed by atoms with van der Waals surface area (Å²) in [5.74, 6) is 0.364. The van der Waals surface area contributed by atoms with Crippen molar-refractivity contribution in [3.8, 4) is 6.01 Å². The number of fused-ring (bicyclic) bond motifs is 1. The van der Waals surface area contributed by atoms with E-state index in [1.54, 1.807) is 4.52 Å². The van der Waals surface area contributed by atoms with Gasteiger partial charge < -0.3 is 10.5 Å². The normalized spacial score (nSPS) is 17.5. The van der Waals surface area contributed by atoms with Crippen molar-refractivity contribution >= 4 is 11.5 Å². The van der Waals surface area contributed by atoms with E-state index in [0.29, 0.717) is 17.5 Å². The lowest BCUT2D eigenvalue weighted by atomic mass is 10.1. The molecular weight excluding hydrogens is 292 g/mol. The summed E-state index contributed by atoms with van der Waals surface area (Å²) in [6.07, 6.45) is 7.79. The Labute approximate surface area is 136 Å². The maximum atomic E-state index is 6.03. The fourth-order valence-corrected chi connectivity index (χ4v) is 3.08. The van der Waals surface area contributed by atoms with E-state index in [4.69, 9.17) is 10.5 Å². The van der Waals surface area contributed by atoms with Gasteiger partial charge in [-0.1, -0.05) is 19.8 Å². The summed E-state index contributed by atoms with van der Waals surface area (Å²) in [5.41, 5.74) is 7.66. The largest absolute Gasteiger partial charge is 0.459 e. The minimum Gasteiger partial charge on any atom is -0.459 e. The summed E-state index contributed by atoms with van der Waals surface area (Å²) in [4.78, 5) is 11.0. The van der Waals surface area contributed by atoms with Crippen LogP contribution in [0.5, 0.6) is 6.01 Å². The molecule has 2 N–H and O–H groups in total. The first-order chi connectivity index (χ1) is 11.2. The van der Waals surface area contributed by atoms with Crippen molar-refractivity contribution < 1.29 is 4.74 Å². The zero-order chi connectivity index (χ0) is 16.2. The summed E-state index contributed by atoms with van der Waals surface area (Å²) < 4.78 is 7.58. The van der Waals surface area contributed by atoms with Crippen LogP contribution in [0.1, 0.15) is 51.6 Å². The lowest BCUT2D eigenvalue weighted by Gasteiger charge is -2.25. The molecule has 1 atom stereocenters. The lowest BCUT2D eigenvalue weighted by Crippen LogP contribution is -2.29. The third-order valence-corrected chi connectivity index (χ3v) is 4.28. The average molecular weight is 318 g/mol. The van der Waals surface area contributed by atoms with Gasteiger partial charge in [-0.15, -0.1) is 5.10 Å². The van der Waals surface area contributed by atoms with Gasteiger partial charge in [0.15, 0.2) is 11.5 Å². The van der Waals surface area contributed by atoms with Gasteiger partial charge in [0, 0.05) is 6.54 Å². The van der Waals surface area contributed by atoms with Gasteiger partial charge in [0.1, 0.15) is 0 Å². The van der Waals surface area contributed by atoms with Crippen LogP contribution < -0.4 is 10.5 Å². The Hall–Kier alpha value is -1.89. The molecule has 1 unspecified atom stereocenters. The van der Waals surface area contributed by atoms with Crippen molar-refractivity contribution in [2.24, 2.45) is 0 Å². The standard InChI is InChI=1S/C16H26N6O/c1-3-7-12(2)23-16-19-14(17)15-18-10-13(22(15)20-16)11-21-8-5-4-6-9-21/h10,12H,3-9,11H2,1-2H3,(H2,17,19,20). The maximum Gasteiger partial charge on any atom is 0.336 e. The Bertz CT molecular complexity index is 649. The van der Waals surface area contributed by atoms with Crippen molar-refractivity contribution in [3.05, 3.63) is 11.9 Å². The minimum absolute atomic E-state index is 0.0749. The van der Waals surface area contributed by atoms with Crippen molar-refractivity contribution in [3.63, 3.8) is 0 Å². The van der Waals surface area contributed by atoms with Crippen molar-refractivity contribution in [1.82, 2.24) is 24.5 Å². The van der Waals surface area contributed by atoms with Gasteiger partial charge in [-0.05, 0) is 39.3 Å². The van der Waals surface area contributed by atoms with Crippen LogP contribution in [0, 0.1) is 0 Å². The Morgan fingerprint density at radius 3 is 2.83 bits per heavy atom. The first kappa shape index (κ1) is 16.0. The molecule has 0 radical (unpaired) electrons. The number of rotatable bonds is 6. The molecule has 3 heterocycles. The molecule has 2 aromatic heterocycles. The Balaban J connectivity index is 1.83. The second-order valence-corrected chi connectivity index (χ2v) is 6.32. The van der Waals surface area contributed by atoms with Crippen LogP contribution in [-0.2, 0) is 6.54 Å². The molecule has 1 fully saturated rings. The number of likely N-dealkylation sites (tertiary alicyclic amines) is 1. The highest BCUT2D eigenvalue weighted by Gasteiger charge is 2.17. The molecule has 1 saturated heterocycles. The Kier molecular flexibility index (Phi) is 4.95. The van der Waals surface area contributed by atoms with E-state index in [1.165, 1.54) is 19.3 Å². The second-order valence-electron chi connectivity index (χ2n) is 6.32. The summed E-state index contributed by atoms with van der Waals surface area (Å²) >= 11 is 0. The molecule has 2 aromatic rings. The van der Waals surface area contributed by atoms with Gasteiger partial charge in [0.05, 0.1) is 18.0 Å². The van der Waals surface area contributed by atoms with Crippen LogP contribution in [0.25, 0.3) is 5.65 Å². The number of nitrogen functional groups attached to an aromatic ring is 1. The second kappa shape index (κ2) is 7.12. The molecule has 7 heteroatoms. The molecule has 7 nitrogen and oxygen atoms in total. The zero-order valence-electron chi connectivity index (χ0n) is 14.0. The lowest BCUT2D eigenvalue weighted by molar-refractivity contribution is 0.188. The number of hydrogen-bond acceptors (Lipinski definition) is 6. The van der Waals surface area contributed by atoms with Crippen molar-refractivity contribution in [2.45, 2.75) is 58.6 Å². The molecule has 1 aliphatic heterocycles. The Morgan fingerprint density at radius 1 is 1.30 bits per heavy atom. The maximum absolute atomic E-state index is 6.03. The third kappa shape index (κ3) is 3.72. The van der Waals surface area contributed by atoms with E-state index in [0.717, 1.165) is 38.2 Å². The highest BCUT2D eigenvalue weighted by Crippen LogP contribution is 2.18. The van der Waals surface area contributed by atoms with Gasteiger partial charge in [-0.25, -0.2) is 9.50 Å². The number of hydrogen-bond donors (Lipinski definition) is 1. The first-order valence-corrected chi connectivity index (χ1v) is 8.56. The monoisotopic (exact) mass is 318 g/mol. The van der Waals surface area contributed by atoms with E-state index >= 15 is 0 Å². The first-order valence-electron chi connectivity index (χ1n) is 8.56. The van der Waals surface area contributed by atoms with Crippen LogP contribution in [0.15, 0.2) is 6.20 Å². The molecule has 0 aromatic carbocycles. The van der Waals surface area contributed by atoms with Gasteiger partial charge in [0.25, 0.3) is 0 Å². The summed E-state index contributed by atoms with van der Waals surface area (Å²) in [5, 5.41) is 4.50.